The quantitative estimate of drug-likeness (QED) is 0.349. The number of carbonyl (C=O) groups is 1. The number of hydrogen-bond donors (Lipinski definition) is 5. The second-order valence-corrected chi connectivity index (χ2v) is 5.63. The molecule has 3 atom stereocenters. The Bertz CT molecular complexity index is 316. The first-order valence-electron chi connectivity index (χ1n) is 6.62. The Hall–Kier alpha value is -0.665. The molecule has 0 aromatic carbocycles. The lowest BCUT2D eigenvalue weighted by Crippen LogP contribution is -2.55. The molecule has 0 unspecified atom stereocenters. The van der Waals surface area contributed by atoms with Crippen LogP contribution in [-0.4, -0.2) is 64.4 Å². The Morgan fingerprint density at radius 1 is 1.58 bits per heavy atom. The van der Waals surface area contributed by atoms with Crippen LogP contribution < -0.4 is 11.5 Å². The average Bonchev–Trinajstić information content (AvgIpc) is 2.55. The summed E-state index contributed by atoms with van der Waals surface area (Å²) in [6.07, 6.45) is 1.34. The molecule has 7 N–H and O–H groups in total. The highest BCUT2D eigenvalue weighted by Gasteiger charge is 2.49. The van der Waals surface area contributed by atoms with Crippen molar-refractivity contribution in [2.75, 3.05) is 19.6 Å². The SMILES string of the molecule is C[C@H](N)CN1C[C@H](CCCB(O)O)[C@](N)(C(=O)O)C1. The molecule has 0 aliphatic carbocycles. The van der Waals surface area contributed by atoms with Gasteiger partial charge in [0.05, 0.1) is 0 Å². The van der Waals surface area contributed by atoms with Crippen LogP contribution in [0.3, 0.4) is 0 Å². The van der Waals surface area contributed by atoms with E-state index in [2.05, 4.69) is 0 Å². The third kappa shape index (κ3) is 4.43. The number of rotatable bonds is 7. The molecule has 19 heavy (non-hydrogen) atoms. The minimum Gasteiger partial charge on any atom is -0.480 e. The molecule has 1 rings (SSSR count). The van der Waals surface area contributed by atoms with E-state index in [1.165, 1.54) is 0 Å². The van der Waals surface area contributed by atoms with E-state index in [9.17, 15) is 9.90 Å². The average molecular weight is 273 g/mol. The van der Waals surface area contributed by atoms with Gasteiger partial charge >= 0.3 is 13.1 Å². The summed E-state index contributed by atoms with van der Waals surface area (Å²) in [7, 11) is -1.35. The monoisotopic (exact) mass is 273 g/mol. The van der Waals surface area contributed by atoms with Gasteiger partial charge in [-0.05, 0) is 19.7 Å². The molecule has 1 aliphatic rings. The van der Waals surface area contributed by atoms with Gasteiger partial charge in [-0.1, -0.05) is 6.42 Å². The van der Waals surface area contributed by atoms with E-state index in [0.29, 0.717) is 25.9 Å². The summed E-state index contributed by atoms with van der Waals surface area (Å²) < 4.78 is 0. The number of nitrogens with two attached hydrogens (primary N) is 2. The zero-order valence-corrected chi connectivity index (χ0v) is 11.3. The largest absolute Gasteiger partial charge is 0.480 e. The van der Waals surface area contributed by atoms with Gasteiger partial charge in [0.25, 0.3) is 0 Å². The topological polar surface area (TPSA) is 133 Å². The fourth-order valence-corrected chi connectivity index (χ4v) is 2.72. The molecule has 0 spiro atoms. The second-order valence-electron chi connectivity index (χ2n) is 5.63. The van der Waals surface area contributed by atoms with Crippen molar-refractivity contribution >= 4 is 13.1 Å². The molecule has 0 radical (unpaired) electrons. The lowest BCUT2D eigenvalue weighted by atomic mass is 9.78. The fraction of sp³-hybridized carbons (Fsp3) is 0.909. The summed E-state index contributed by atoms with van der Waals surface area (Å²) >= 11 is 0. The molecule has 110 valence electrons. The summed E-state index contributed by atoms with van der Waals surface area (Å²) in [6, 6.07) is -0.0314. The lowest BCUT2D eigenvalue weighted by molar-refractivity contribution is -0.144. The van der Waals surface area contributed by atoms with Crippen molar-refractivity contribution in [3.8, 4) is 0 Å². The minimum atomic E-state index is -1.35. The number of likely N-dealkylation sites (tertiary alicyclic amines) is 1. The second kappa shape index (κ2) is 6.67. The molecule has 1 fully saturated rings. The van der Waals surface area contributed by atoms with Gasteiger partial charge in [-0.25, -0.2) is 0 Å². The van der Waals surface area contributed by atoms with E-state index in [4.69, 9.17) is 21.5 Å². The Labute approximate surface area is 113 Å². The van der Waals surface area contributed by atoms with Crippen molar-refractivity contribution in [3.63, 3.8) is 0 Å². The number of carboxylic acid groups (broad SMARTS) is 1. The van der Waals surface area contributed by atoms with Crippen molar-refractivity contribution in [1.82, 2.24) is 4.90 Å². The summed E-state index contributed by atoms with van der Waals surface area (Å²) in [4.78, 5) is 13.4. The molecule has 0 aromatic heterocycles. The third-order valence-electron chi connectivity index (χ3n) is 3.65. The molecule has 0 aromatic rings. The predicted octanol–water partition coefficient (Wildman–Crippen LogP) is -1.70. The highest BCUT2D eigenvalue weighted by molar-refractivity contribution is 6.40. The maximum absolute atomic E-state index is 11.4. The van der Waals surface area contributed by atoms with E-state index in [1.54, 1.807) is 0 Å². The normalized spacial score (nSPS) is 29.4. The van der Waals surface area contributed by atoms with Gasteiger partial charge in [0, 0.05) is 31.6 Å². The van der Waals surface area contributed by atoms with E-state index in [-0.39, 0.29) is 24.8 Å². The van der Waals surface area contributed by atoms with Gasteiger partial charge < -0.3 is 26.6 Å². The zero-order valence-electron chi connectivity index (χ0n) is 11.3. The van der Waals surface area contributed by atoms with Gasteiger partial charge in [-0.15, -0.1) is 0 Å². The first-order valence-corrected chi connectivity index (χ1v) is 6.62. The maximum atomic E-state index is 11.4. The fourth-order valence-electron chi connectivity index (χ4n) is 2.72. The van der Waals surface area contributed by atoms with Crippen molar-refractivity contribution in [1.29, 1.82) is 0 Å². The summed E-state index contributed by atoms with van der Waals surface area (Å²) in [5.41, 5.74) is 10.5. The van der Waals surface area contributed by atoms with E-state index >= 15 is 0 Å². The zero-order chi connectivity index (χ0) is 14.6. The van der Waals surface area contributed by atoms with Crippen LogP contribution in [-0.2, 0) is 4.79 Å². The molecule has 1 aliphatic heterocycles. The first-order chi connectivity index (χ1) is 8.75. The molecular formula is C11H24BN3O4. The Morgan fingerprint density at radius 3 is 2.68 bits per heavy atom. The van der Waals surface area contributed by atoms with Crippen LogP contribution in [0.15, 0.2) is 0 Å². The van der Waals surface area contributed by atoms with Gasteiger partial charge in [0.15, 0.2) is 0 Å². The standard InChI is InChI=1S/C11H24BN3O4/c1-8(13)5-15-6-9(3-2-4-12(18)19)11(14,7-15)10(16)17/h8-9,18-19H,2-7,13-14H2,1H3,(H,16,17)/t8-,9-,11-/m0/s1. The number of nitrogens with zero attached hydrogens (tertiary/aromatic N) is 1. The van der Waals surface area contributed by atoms with Crippen molar-refractivity contribution in [2.24, 2.45) is 17.4 Å². The van der Waals surface area contributed by atoms with Gasteiger partial charge in [-0.2, -0.15) is 0 Å². The first kappa shape index (κ1) is 16.4. The molecule has 0 saturated carbocycles. The molecule has 1 heterocycles. The van der Waals surface area contributed by atoms with E-state index < -0.39 is 18.6 Å². The molecule has 8 heteroatoms. The molecule has 0 amide bonds. The smallest absolute Gasteiger partial charge is 0.451 e. The summed E-state index contributed by atoms with van der Waals surface area (Å²) in [5, 5.41) is 27.0. The lowest BCUT2D eigenvalue weighted by Gasteiger charge is -2.25. The summed E-state index contributed by atoms with van der Waals surface area (Å²) in [6.45, 7) is 3.36. The van der Waals surface area contributed by atoms with E-state index in [0.717, 1.165) is 0 Å². The summed E-state index contributed by atoms with van der Waals surface area (Å²) in [5.74, 6) is -1.20. The number of hydrogen-bond acceptors (Lipinski definition) is 6. The number of aliphatic carboxylic acids is 1. The highest BCUT2D eigenvalue weighted by atomic mass is 16.4. The molecule has 7 nitrogen and oxygen atoms in total. The van der Waals surface area contributed by atoms with Gasteiger partial charge in [0.2, 0.25) is 0 Å². The van der Waals surface area contributed by atoms with Gasteiger partial charge in [0.1, 0.15) is 5.54 Å². The van der Waals surface area contributed by atoms with Crippen LogP contribution in [0, 0.1) is 5.92 Å². The van der Waals surface area contributed by atoms with Crippen LogP contribution in [0.5, 0.6) is 0 Å². The Kier molecular flexibility index (Phi) is 5.75. The van der Waals surface area contributed by atoms with Crippen LogP contribution in [0.25, 0.3) is 0 Å². The van der Waals surface area contributed by atoms with Crippen LogP contribution in [0.2, 0.25) is 6.32 Å². The van der Waals surface area contributed by atoms with Crippen LogP contribution in [0.1, 0.15) is 19.8 Å². The van der Waals surface area contributed by atoms with Crippen LogP contribution >= 0.6 is 0 Å². The molecule has 1 saturated heterocycles. The van der Waals surface area contributed by atoms with Crippen molar-refractivity contribution in [3.05, 3.63) is 0 Å². The Balaban J connectivity index is 2.62. The van der Waals surface area contributed by atoms with Crippen molar-refractivity contribution in [2.45, 2.75) is 37.7 Å². The predicted molar refractivity (Wildman–Crippen MR) is 72.4 cm³/mol. The third-order valence-corrected chi connectivity index (χ3v) is 3.65. The van der Waals surface area contributed by atoms with Gasteiger partial charge in [-0.3, -0.25) is 9.69 Å². The van der Waals surface area contributed by atoms with Crippen molar-refractivity contribution < 1.29 is 19.9 Å². The van der Waals surface area contributed by atoms with E-state index in [1.807, 2.05) is 11.8 Å². The minimum absolute atomic E-state index is 0.0314. The Morgan fingerprint density at radius 2 is 2.21 bits per heavy atom. The maximum Gasteiger partial charge on any atom is 0.451 e. The molecule has 0 bridgehead atoms. The number of carboxylic acids is 1. The van der Waals surface area contributed by atoms with Crippen LogP contribution in [0.4, 0.5) is 0 Å². The highest BCUT2D eigenvalue weighted by Crippen LogP contribution is 2.30. The molecular weight excluding hydrogens is 249 g/mol.